The van der Waals surface area contributed by atoms with Crippen LogP contribution < -0.4 is 5.73 Å². The Morgan fingerprint density at radius 1 is 1.35 bits per heavy atom. The van der Waals surface area contributed by atoms with Gasteiger partial charge in [-0.2, -0.15) is 0 Å². The van der Waals surface area contributed by atoms with Crippen molar-refractivity contribution >= 4 is 6.09 Å². The molecule has 0 aliphatic carbocycles. The molecular formula is C12H27N3O2. The zero-order valence-corrected chi connectivity index (χ0v) is 11.7. The lowest BCUT2D eigenvalue weighted by Gasteiger charge is -2.34. The highest BCUT2D eigenvalue weighted by Crippen LogP contribution is 2.13. The third kappa shape index (κ3) is 5.89. The number of amides is 1. The Hall–Kier alpha value is -0.810. The van der Waals surface area contributed by atoms with Crippen molar-refractivity contribution < 1.29 is 9.90 Å². The van der Waals surface area contributed by atoms with Crippen LogP contribution in [0.1, 0.15) is 40.5 Å². The van der Waals surface area contributed by atoms with Crippen LogP contribution in [0.2, 0.25) is 0 Å². The highest BCUT2D eigenvalue weighted by atomic mass is 16.4. The highest BCUT2D eigenvalue weighted by Gasteiger charge is 2.25. The summed E-state index contributed by atoms with van der Waals surface area (Å²) >= 11 is 0. The van der Waals surface area contributed by atoms with Crippen LogP contribution in [0.25, 0.3) is 0 Å². The van der Waals surface area contributed by atoms with Crippen LogP contribution in [-0.2, 0) is 0 Å². The zero-order valence-electron chi connectivity index (χ0n) is 11.7. The van der Waals surface area contributed by atoms with E-state index in [1.807, 2.05) is 34.7 Å². The molecule has 0 aromatic rings. The van der Waals surface area contributed by atoms with Crippen LogP contribution in [-0.4, -0.2) is 52.8 Å². The van der Waals surface area contributed by atoms with Crippen molar-refractivity contribution in [2.75, 3.05) is 20.1 Å². The normalized spacial score (nSPS) is 13.8. The largest absolute Gasteiger partial charge is 0.465 e. The molecule has 0 aromatic carbocycles. The van der Waals surface area contributed by atoms with Crippen molar-refractivity contribution in [1.29, 1.82) is 0 Å². The van der Waals surface area contributed by atoms with Gasteiger partial charge in [-0.05, 0) is 40.7 Å². The SMILES string of the molecule is CCC(N)N(C)CCCN(C(=O)O)C(C)(C)C. The van der Waals surface area contributed by atoms with Gasteiger partial charge >= 0.3 is 6.09 Å². The van der Waals surface area contributed by atoms with Gasteiger partial charge in [0.05, 0.1) is 6.17 Å². The first kappa shape index (κ1) is 16.2. The summed E-state index contributed by atoms with van der Waals surface area (Å²) in [4.78, 5) is 14.6. The Balaban J connectivity index is 4.13. The van der Waals surface area contributed by atoms with E-state index in [2.05, 4.69) is 4.90 Å². The third-order valence-corrected chi connectivity index (χ3v) is 2.92. The molecule has 0 saturated carbocycles. The van der Waals surface area contributed by atoms with E-state index in [0.29, 0.717) is 6.54 Å². The number of nitrogens with two attached hydrogens (primary N) is 1. The van der Waals surface area contributed by atoms with Gasteiger partial charge in [0.2, 0.25) is 0 Å². The van der Waals surface area contributed by atoms with Crippen molar-refractivity contribution in [1.82, 2.24) is 9.80 Å². The van der Waals surface area contributed by atoms with E-state index >= 15 is 0 Å². The fraction of sp³-hybridized carbons (Fsp3) is 0.917. The highest BCUT2D eigenvalue weighted by molar-refractivity contribution is 5.65. The summed E-state index contributed by atoms with van der Waals surface area (Å²) in [7, 11) is 1.97. The molecule has 1 atom stereocenters. The van der Waals surface area contributed by atoms with E-state index < -0.39 is 6.09 Å². The van der Waals surface area contributed by atoms with E-state index in [9.17, 15) is 4.79 Å². The standard InChI is InChI=1S/C12H27N3O2/c1-6-10(13)14(5)8-7-9-15(11(16)17)12(2,3)4/h10H,6-9,13H2,1-5H3,(H,16,17). The molecule has 0 rings (SSSR count). The second-order valence-corrected chi connectivity index (χ2v) is 5.41. The molecule has 0 heterocycles. The quantitative estimate of drug-likeness (QED) is 0.700. The predicted molar refractivity (Wildman–Crippen MR) is 70.0 cm³/mol. The van der Waals surface area contributed by atoms with Gasteiger partial charge in [0.15, 0.2) is 0 Å². The molecule has 17 heavy (non-hydrogen) atoms. The first-order valence-corrected chi connectivity index (χ1v) is 6.16. The molecule has 5 nitrogen and oxygen atoms in total. The Morgan fingerprint density at radius 2 is 1.88 bits per heavy atom. The second-order valence-electron chi connectivity index (χ2n) is 5.41. The lowest BCUT2D eigenvalue weighted by molar-refractivity contribution is 0.0959. The molecule has 0 saturated heterocycles. The monoisotopic (exact) mass is 245 g/mol. The molecule has 0 bridgehead atoms. The minimum atomic E-state index is -0.861. The molecule has 0 radical (unpaired) electrons. The number of hydrogen-bond donors (Lipinski definition) is 2. The van der Waals surface area contributed by atoms with Gasteiger partial charge in [0, 0.05) is 18.6 Å². The van der Waals surface area contributed by atoms with Crippen LogP contribution >= 0.6 is 0 Å². The topological polar surface area (TPSA) is 69.8 Å². The first-order valence-electron chi connectivity index (χ1n) is 6.16. The van der Waals surface area contributed by atoms with Gasteiger partial charge in [0.1, 0.15) is 0 Å². The molecule has 0 aromatic heterocycles. The molecule has 1 amide bonds. The molecule has 5 heteroatoms. The van der Waals surface area contributed by atoms with Gasteiger partial charge in [-0.15, -0.1) is 0 Å². The number of carboxylic acid groups (broad SMARTS) is 1. The van der Waals surface area contributed by atoms with E-state index in [1.54, 1.807) is 0 Å². The summed E-state index contributed by atoms with van der Waals surface area (Å²) in [5, 5.41) is 9.12. The van der Waals surface area contributed by atoms with Crippen molar-refractivity contribution in [3.05, 3.63) is 0 Å². The van der Waals surface area contributed by atoms with Crippen molar-refractivity contribution in [3.8, 4) is 0 Å². The minimum Gasteiger partial charge on any atom is -0.465 e. The predicted octanol–water partition coefficient (Wildman–Crippen LogP) is 1.78. The Bertz CT molecular complexity index is 238. The lowest BCUT2D eigenvalue weighted by Crippen LogP contribution is -2.46. The van der Waals surface area contributed by atoms with E-state index in [1.165, 1.54) is 4.90 Å². The average molecular weight is 245 g/mol. The summed E-state index contributed by atoms with van der Waals surface area (Å²) in [6, 6.07) is 0. The van der Waals surface area contributed by atoms with Gasteiger partial charge in [0.25, 0.3) is 0 Å². The number of nitrogens with zero attached hydrogens (tertiary/aromatic N) is 2. The second kappa shape index (κ2) is 6.81. The molecule has 0 aliphatic heterocycles. The molecule has 1 unspecified atom stereocenters. The number of carbonyl (C=O) groups is 1. The maximum atomic E-state index is 11.1. The molecule has 3 N–H and O–H groups in total. The first-order chi connectivity index (χ1) is 7.70. The van der Waals surface area contributed by atoms with Gasteiger partial charge in [-0.25, -0.2) is 4.79 Å². The molecule has 0 aliphatic rings. The van der Waals surface area contributed by atoms with Gasteiger partial charge in [-0.3, -0.25) is 4.90 Å². The van der Waals surface area contributed by atoms with Crippen LogP contribution in [0, 0.1) is 0 Å². The van der Waals surface area contributed by atoms with Crippen molar-refractivity contribution in [2.24, 2.45) is 5.73 Å². The van der Waals surface area contributed by atoms with Crippen LogP contribution in [0.5, 0.6) is 0 Å². The van der Waals surface area contributed by atoms with Crippen LogP contribution in [0.4, 0.5) is 4.79 Å². The van der Waals surface area contributed by atoms with E-state index in [0.717, 1.165) is 19.4 Å². The zero-order chi connectivity index (χ0) is 13.6. The molecule has 0 fully saturated rings. The fourth-order valence-electron chi connectivity index (χ4n) is 1.67. The van der Waals surface area contributed by atoms with Crippen LogP contribution in [0.15, 0.2) is 0 Å². The Morgan fingerprint density at radius 3 is 2.24 bits per heavy atom. The summed E-state index contributed by atoms with van der Waals surface area (Å²) < 4.78 is 0. The number of rotatable bonds is 6. The van der Waals surface area contributed by atoms with Crippen molar-refractivity contribution in [2.45, 2.75) is 52.2 Å². The third-order valence-electron chi connectivity index (χ3n) is 2.92. The smallest absolute Gasteiger partial charge is 0.407 e. The fourth-order valence-corrected chi connectivity index (χ4v) is 1.67. The van der Waals surface area contributed by atoms with E-state index in [-0.39, 0.29) is 11.7 Å². The summed E-state index contributed by atoms with van der Waals surface area (Å²) in [5.41, 5.74) is 5.53. The molecular weight excluding hydrogens is 218 g/mol. The minimum absolute atomic E-state index is 0.0583. The summed E-state index contributed by atoms with van der Waals surface area (Å²) in [5.74, 6) is 0. The Kier molecular flexibility index (Phi) is 6.49. The maximum absolute atomic E-state index is 11.1. The van der Waals surface area contributed by atoms with E-state index in [4.69, 9.17) is 10.8 Å². The molecule has 102 valence electrons. The lowest BCUT2D eigenvalue weighted by atomic mass is 10.1. The molecule has 0 spiro atoms. The average Bonchev–Trinajstić information content (AvgIpc) is 2.20. The maximum Gasteiger partial charge on any atom is 0.407 e. The number of hydrogen-bond acceptors (Lipinski definition) is 3. The van der Waals surface area contributed by atoms with Gasteiger partial charge in [-0.1, -0.05) is 6.92 Å². The summed E-state index contributed by atoms with van der Waals surface area (Å²) in [6.07, 6.45) is 0.898. The summed E-state index contributed by atoms with van der Waals surface area (Å²) in [6.45, 7) is 9.11. The van der Waals surface area contributed by atoms with Gasteiger partial charge < -0.3 is 15.7 Å². The Labute approximate surface area is 105 Å². The van der Waals surface area contributed by atoms with Crippen LogP contribution in [0.3, 0.4) is 0 Å². The van der Waals surface area contributed by atoms with Crippen molar-refractivity contribution in [3.63, 3.8) is 0 Å².